The highest BCUT2D eigenvalue weighted by Crippen LogP contribution is 2.25. The van der Waals surface area contributed by atoms with Gasteiger partial charge in [-0.2, -0.15) is 0 Å². The number of carbonyl (C=O) groups is 6. The average molecular weight is 972 g/mol. The van der Waals surface area contributed by atoms with Crippen molar-refractivity contribution in [2.45, 2.75) is 69.2 Å². The van der Waals surface area contributed by atoms with E-state index in [1.54, 1.807) is 70.5 Å². The number of nitro groups is 1. The van der Waals surface area contributed by atoms with Gasteiger partial charge < -0.3 is 18.9 Å². The van der Waals surface area contributed by atoms with Crippen LogP contribution in [0.25, 0.3) is 0 Å². The van der Waals surface area contributed by atoms with Gasteiger partial charge in [-0.1, -0.05) is 58.0 Å². The Morgan fingerprint density at radius 1 is 0.522 bits per heavy atom. The number of methoxy groups -OCH3 is 3. The molecule has 0 heterocycles. The number of carbonyl (C=O) groups excluding carboxylic acids is 6. The first-order chi connectivity index (χ1) is 32.3. The van der Waals surface area contributed by atoms with Crippen LogP contribution < -0.4 is 14.2 Å². The molecule has 5 aromatic rings. The molecule has 0 aliphatic carbocycles. The zero-order chi connectivity index (χ0) is 53.6. The van der Waals surface area contributed by atoms with Crippen molar-refractivity contribution in [1.82, 2.24) is 0 Å². The molecule has 18 heteroatoms. The van der Waals surface area contributed by atoms with Gasteiger partial charge in [0.15, 0.2) is 52.2 Å². The second kappa shape index (κ2) is 33.8. The second-order valence-electron chi connectivity index (χ2n) is 13.9. The maximum absolute atomic E-state index is 12.7. The van der Waals surface area contributed by atoms with Crippen molar-refractivity contribution in [2.24, 2.45) is 5.92 Å². The van der Waals surface area contributed by atoms with Gasteiger partial charge in [-0.05, 0) is 89.1 Å². The highest BCUT2D eigenvalue weighted by Gasteiger charge is 2.27. The minimum absolute atomic E-state index is 0.000000000000000222. The van der Waals surface area contributed by atoms with E-state index in [9.17, 15) is 60.8 Å². The molecule has 0 aliphatic rings. The summed E-state index contributed by atoms with van der Waals surface area (Å²) in [4.78, 5) is 73.7. The number of hydrogen-bond donors (Lipinski definition) is 0. The van der Waals surface area contributed by atoms with Crippen molar-refractivity contribution in [3.8, 4) is 17.2 Å². The number of halogens is 5. The molecular weight excluding hydrogens is 914 g/mol. The molecule has 5 aromatic carbocycles. The van der Waals surface area contributed by atoms with Crippen molar-refractivity contribution in [3.05, 3.63) is 164 Å². The first-order valence-electron chi connectivity index (χ1n) is 20.7. The Morgan fingerprint density at radius 2 is 0.913 bits per heavy atom. The summed E-state index contributed by atoms with van der Waals surface area (Å²) in [5.74, 6) is -9.59. The lowest BCUT2D eigenvalue weighted by molar-refractivity contribution is -0.384. The van der Waals surface area contributed by atoms with Gasteiger partial charge in [-0.3, -0.25) is 38.9 Å². The van der Waals surface area contributed by atoms with E-state index < -0.39 is 45.4 Å². The minimum Gasteiger partial charge on any atom is -0.497 e. The molecule has 0 spiro atoms. The molecule has 0 saturated carbocycles. The normalized spacial score (nSPS) is 9.38. The Hall–Kier alpha value is -7.63. The van der Waals surface area contributed by atoms with E-state index in [-0.39, 0.29) is 34.8 Å². The average Bonchev–Trinajstić information content (AvgIpc) is 3.33. The van der Waals surface area contributed by atoms with Crippen LogP contribution in [0.5, 0.6) is 17.2 Å². The molecule has 0 radical (unpaired) electrons. The molecule has 13 nitrogen and oxygen atoms in total. The number of ether oxygens (including phenoxy) is 4. The molecular formula is C51H58F5NO12. The number of non-ortho nitro benzene ring substituents is 1. The first-order valence-corrected chi connectivity index (χ1v) is 20.7. The lowest BCUT2D eigenvalue weighted by atomic mass is 10.1. The maximum Gasteiger partial charge on any atom is 0.302 e. The van der Waals surface area contributed by atoms with Crippen LogP contribution in [-0.4, -0.2) is 67.7 Å². The summed E-state index contributed by atoms with van der Waals surface area (Å²) in [6.07, 6.45) is 0. The number of ketones is 5. The maximum atomic E-state index is 12.7. The summed E-state index contributed by atoms with van der Waals surface area (Å²) in [5.41, 5.74) is 1.13. The topological polar surface area (TPSA) is 182 Å². The molecule has 0 fully saturated rings. The third kappa shape index (κ3) is 24.1. The molecule has 374 valence electrons. The van der Waals surface area contributed by atoms with Crippen LogP contribution in [0.3, 0.4) is 0 Å². The van der Waals surface area contributed by atoms with E-state index in [1.807, 2.05) is 58.0 Å². The summed E-state index contributed by atoms with van der Waals surface area (Å²) in [7, 11) is 4.70. The number of esters is 1. The molecule has 69 heavy (non-hydrogen) atoms. The van der Waals surface area contributed by atoms with E-state index in [2.05, 4.69) is 4.74 Å². The van der Waals surface area contributed by atoms with Crippen LogP contribution in [0.4, 0.5) is 27.6 Å². The fraction of sp³-hybridized carbons (Fsp3) is 0.294. The Morgan fingerprint density at radius 3 is 1.22 bits per heavy atom. The Kier molecular flexibility index (Phi) is 31.1. The first kappa shape index (κ1) is 63.5. The van der Waals surface area contributed by atoms with Crippen LogP contribution in [0.1, 0.15) is 121 Å². The molecule has 0 N–H and O–H groups in total. The summed E-state index contributed by atoms with van der Waals surface area (Å²) >= 11 is 0. The molecule has 0 atom stereocenters. The van der Waals surface area contributed by atoms with Crippen molar-refractivity contribution in [3.63, 3.8) is 0 Å². The monoisotopic (exact) mass is 971 g/mol. The number of nitro benzene ring substituents is 1. The number of benzene rings is 5. The quantitative estimate of drug-likeness (QED) is 0.0233. The van der Waals surface area contributed by atoms with Crippen LogP contribution in [0.2, 0.25) is 0 Å². The van der Waals surface area contributed by atoms with Gasteiger partial charge in [0.2, 0.25) is 5.82 Å². The third-order valence-corrected chi connectivity index (χ3v) is 8.13. The van der Waals surface area contributed by atoms with Gasteiger partial charge in [-0.25, -0.2) is 22.0 Å². The van der Waals surface area contributed by atoms with Gasteiger partial charge >= 0.3 is 5.97 Å². The molecule has 0 bridgehead atoms. The summed E-state index contributed by atoms with van der Waals surface area (Å²) in [6, 6.07) is 26.9. The lowest BCUT2D eigenvalue weighted by Crippen LogP contribution is -2.10. The molecule has 0 aromatic heterocycles. The minimum atomic E-state index is -2.27. The van der Waals surface area contributed by atoms with Gasteiger partial charge in [0, 0.05) is 41.8 Å². The van der Waals surface area contributed by atoms with Gasteiger partial charge in [0.25, 0.3) is 5.69 Å². The SMILES string of the molecule is CC.CC(=O)OCC(C)C.CC(=O)c1c(F)c(F)c(F)c(F)c1F.CC(=O)c1ccc([N+](=O)[O-])cc1.CC(=O)c1ccccc1.COc1ccc(C(C)=O)c(OC)c1.COc1ccc(C(C)=O)cc1. The lowest BCUT2D eigenvalue weighted by Gasteiger charge is -2.07. The van der Waals surface area contributed by atoms with Gasteiger partial charge in [0.1, 0.15) is 17.2 Å². The molecule has 5 rings (SSSR count). The fourth-order valence-electron chi connectivity index (χ4n) is 4.60. The molecule has 0 amide bonds. The summed E-state index contributed by atoms with van der Waals surface area (Å²) < 4.78 is 82.4. The Labute approximate surface area is 398 Å². The predicted octanol–water partition coefficient (Wildman–Crippen LogP) is 12.3. The smallest absolute Gasteiger partial charge is 0.302 e. The van der Waals surface area contributed by atoms with Gasteiger partial charge in [0.05, 0.1) is 44.0 Å². The highest BCUT2D eigenvalue weighted by molar-refractivity contribution is 5.97. The standard InChI is InChI=1S/C10H12O3.C9H10O2.C8H3F5O.C8H7NO3.C8H8O.C6H12O2.C2H6/c1-7(11)9-5-4-8(12-2)6-10(9)13-3;1-7(10)8-3-5-9(11-2)6-4-8;1-2(14)3-4(9)6(11)8(13)7(12)5(3)10;1-6(10)7-2-4-8(5-3-7)9(11)12;1-7(9)8-5-3-2-4-6-8;1-5(2)4-8-6(3)7;1-2/h4-6H,1-3H3;3-6H,1-2H3;1H3;2-5H,1H3;2-6H,1H3;5H,4H2,1-3H3;1-2H3. The van der Waals surface area contributed by atoms with Crippen molar-refractivity contribution >= 4 is 40.6 Å². The van der Waals surface area contributed by atoms with Crippen molar-refractivity contribution in [1.29, 1.82) is 0 Å². The molecule has 0 aliphatic heterocycles. The summed E-state index contributed by atoms with van der Waals surface area (Å²) in [5, 5.41) is 10.2. The number of hydrogen-bond acceptors (Lipinski definition) is 12. The number of rotatable bonds is 11. The zero-order valence-corrected chi connectivity index (χ0v) is 40.8. The van der Waals surface area contributed by atoms with E-state index >= 15 is 0 Å². The van der Waals surface area contributed by atoms with Crippen LogP contribution >= 0.6 is 0 Å². The largest absolute Gasteiger partial charge is 0.497 e. The van der Waals surface area contributed by atoms with E-state index in [0.29, 0.717) is 47.6 Å². The molecule has 0 saturated heterocycles. The Balaban J connectivity index is 0. The van der Waals surface area contributed by atoms with Crippen molar-refractivity contribution in [2.75, 3.05) is 27.9 Å². The fourth-order valence-corrected chi connectivity index (χ4v) is 4.60. The van der Waals surface area contributed by atoms with Crippen molar-refractivity contribution < 1.29 is 74.6 Å². The second-order valence-corrected chi connectivity index (χ2v) is 13.9. The van der Waals surface area contributed by atoms with E-state index in [1.165, 1.54) is 52.1 Å². The van der Waals surface area contributed by atoms with E-state index in [4.69, 9.17) is 14.2 Å². The van der Waals surface area contributed by atoms with Crippen LogP contribution in [0.15, 0.2) is 97.1 Å². The zero-order valence-electron chi connectivity index (χ0n) is 40.8. The highest BCUT2D eigenvalue weighted by atomic mass is 19.2. The molecule has 0 unspecified atom stereocenters. The third-order valence-electron chi connectivity index (χ3n) is 8.13. The van der Waals surface area contributed by atoms with E-state index in [0.717, 1.165) is 11.3 Å². The van der Waals surface area contributed by atoms with Gasteiger partial charge in [-0.15, -0.1) is 0 Å². The number of nitrogens with zero attached hydrogens (tertiary/aromatic N) is 1. The summed E-state index contributed by atoms with van der Waals surface area (Å²) in [6.45, 7) is 16.7. The van der Waals surface area contributed by atoms with Crippen LogP contribution in [-0.2, 0) is 9.53 Å². The predicted molar refractivity (Wildman–Crippen MR) is 251 cm³/mol. The number of Topliss-reactive ketones (excluding diaryl/α,β-unsaturated/α-hetero) is 5. The van der Waals surface area contributed by atoms with Crippen LogP contribution in [0, 0.1) is 45.1 Å². The Bertz CT molecular complexity index is 2380.